The van der Waals surface area contributed by atoms with Gasteiger partial charge < -0.3 is 5.11 Å². The third-order valence-electron chi connectivity index (χ3n) is 2.19. The maximum Gasteiger partial charge on any atom is 0.100 e. The maximum atomic E-state index is 10.0. The van der Waals surface area contributed by atoms with Crippen molar-refractivity contribution in [3.05, 3.63) is 50.4 Å². The Hall–Kier alpha value is -0.610. The average Bonchev–Trinajstić information content (AvgIpc) is 2.59. The number of nitrogens with zero attached hydrogens (tertiary/aromatic N) is 1. The lowest BCUT2D eigenvalue weighted by molar-refractivity contribution is 0.179. The molecule has 1 N–H and O–H groups in total. The van der Waals surface area contributed by atoms with Gasteiger partial charge in [-0.05, 0) is 17.7 Å². The van der Waals surface area contributed by atoms with Crippen LogP contribution in [-0.2, 0) is 6.42 Å². The molecule has 1 unspecified atom stereocenters. The Morgan fingerprint density at radius 2 is 2.25 bits per heavy atom. The summed E-state index contributed by atoms with van der Waals surface area (Å²) in [5, 5.41) is 10.0. The number of aromatic nitrogens is 1. The molecule has 0 saturated carbocycles. The molecule has 0 saturated heterocycles. The molecule has 0 aromatic carbocycles. The molecule has 2 rings (SSSR count). The van der Waals surface area contributed by atoms with Crippen molar-refractivity contribution in [1.29, 1.82) is 0 Å². The number of hydrogen-bond donors (Lipinski definition) is 1. The summed E-state index contributed by atoms with van der Waals surface area (Å²) in [5.74, 6) is 0. The first-order valence-corrected chi connectivity index (χ1v) is 6.26. The highest BCUT2D eigenvalue weighted by atomic mass is 35.5. The van der Waals surface area contributed by atoms with E-state index in [1.54, 1.807) is 18.5 Å². The van der Waals surface area contributed by atoms with Gasteiger partial charge in [0, 0.05) is 24.4 Å². The molecule has 0 bridgehead atoms. The highest BCUT2D eigenvalue weighted by Gasteiger charge is 2.15. The summed E-state index contributed by atoms with van der Waals surface area (Å²) in [7, 11) is 0. The molecule has 2 aromatic rings. The molecule has 0 aliphatic rings. The second kappa shape index (κ2) is 5.15. The normalized spacial score (nSPS) is 12.7. The van der Waals surface area contributed by atoms with Crippen molar-refractivity contribution in [2.75, 3.05) is 0 Å². The van der Waals surface area contributed by atoms with Crippen LogP contribution in [0.3, 0.4) is 0 Å². The molecule has 0 aliphatic carbocycles. The molecule has 16 heavy (non-hydrogen) atoms. The molecule has 0 radical (unpaired) electrons. The Morgan fingerprint density at radius 3 is 2.81 bits per heavy atom. The number of hydrogen-bond acceptors (Lipinski definition) is 3. The molecular weight excluding hydrogens is 265 g/mol. The van der Waals surface area contributed by atoms with Crippen LogP contribution in [0.15, 0.2) is 30.6 Å². The van der Waals surface area contributed by atoms with Crippen LogP contribution in [0.2, 0.25) is 8.67 Å². The lowest BCUT2D eigenvalue weighted by Gasteiger charge is -2.09. The Bertz CT molecular complexity index is 472. The molecule has 0 amide bonds. The zero-order valence-corrected chi connectivity index (χ0v) is 10.6. The van der Waals surface area contributed by atoms with Crippen molar-refractivity contribution in [2.24, 2.45) is 0 Å². The fourth-order valence-corrected chi connectivity index (χ4v) is 3.00. The molecule has 2 nitrogen and oxygen atoms in total. The average molecular weight is 274 g/mol. The SMILES string of the molecule is OC(Cc1cccnc1)c1cc(Cl)sc1Cl. The summed E-state index contributed by atoms with van der Waals surface area (Å²) in [6.45, 7) is 0. The van der Waals surface area contributed by atoms with Crippen molar-refractivity contribution >= 4 is 34.5 Å². The number of pyridine rings is 1. The lowest BCUT2D eigenvalue weighted by Crippen LogP contribution is -2.01. The van der Waals surface area contributed by atoms with Gasteiger partial charge in [0.2, 0.25) is 0 Å². The maximum absolute atomic E-state index is 10.0. The van der Waals surface area contributed by atoms with Crippen LogP contribution in [0.25, 0.3) is 0 Å². The first-order valence-electron chi connectivity index (χ1n) is 4.68. The van der Waals surface area contributed by atoms with Crippen LogP contribution >= 0.6 is 34.5 Å². The monoisotopic (exact) mass is 273 g/mol. The van der Waals surface area contributed by atoms with Crippen LogP contribution in [0.4, 0.5) is 0 Å². The number of aliphatic hydroxyl groups excluding tert-OH is 1. The van der Waals surface area contributed by atoms with Gasteiger partial charge in [0.05, 0.1) is 10.4 Å². The molecule has 5 heteroatoms. The van der Waals surface area contributed by atoms with Gasteiger partial charge in [-0.2, -0.15) is 0 Å². The van der Waals surface area contributed by atoms with Crippen molar-refractivity contribution < 1.29 is 5.11 Å². The van der Waals surface area contributed by atoms with Gasteiger partial charge in [0.1, 0.15) is 4.34 Å². The van der Waals surface area contributed by atoms with Gasteiger partial charge >= 0.3 is 0 Å². The van der Waals surface area contributed by atoms with E-state index in [1.165, 1.54) is 11.3 Å². The van der Waals surface area contributed by atoms with Gasteiger partial charge in [0.25, 0.3) is 0 Å². The predicted molar refractivity (Wildman–Crippen MR) is 67.2 cm³/mol. The number of rotatable bonds is 3. The van der Waals surface area contributed by atoms with Gasteiger partial charge in [-0.3, -0.25) is 4.98 Å². The van der Waals surface area contributed by atoms with Crippen LogP contribution < -0.4 is 0 Å². The molecule has 2 aromatic heterocycles. The topological polar surface area (TPSA) is 33.1 Å². The van der Waals surface area contributed by atoms with Crippen molar-refractivity contribution in [3.63, 3.8) is 0 Å². The highest BCUT2D eigenvalue weighted by Crippen LogP contribution is 2.35. The smallest absolute Gasteiger partial charge is 0.100 e. The highest BCUT2D eigenvalue weighted by molar-refractivity contribution is 7.20. The van der Waals surface area contributed by atoms with Gasteiger partial charge in [-0.25, -0.2) is 0 Å². The minimum Gasteiger partial charge on any atom is -0.388 e. The summed E-state index contributed by atoms with van der Waals surface area (Å²) in [6, 6.07) is 5.46. The summed E-state index contributed by atoms with van der Waals surface area (Å²) >= 11 is 13.1. The summed E-state index contributed by atoms with van der Waals surface area (Å²) in [6.07, 6.45) is 3.27. The van der Waals surface area contributed by atoms with Crippen LogP contribution in [0, 0.1) is 0 Å². The minimum atomic E-state index is -0.638. The molecule has 1 atom stereocenters. The van der Waals surface area contributed by atoms with Gasteiger partial charge in [-0.1, -0.05) is 29.3 Å². The fraction of sp³-hybridized carbons (Fsp3) is 0.182. The van der Waals surface area contributed by atoms with Crippen LogP contribution in [-0.4, -0.2) is 10.1 Å². The zero-order chi connectivity index (χ0) is 11.5. The van der Waals surface area contributed by atoms with Crippen molar-refractivity contribution in [1.82, 2.24) is 4.98 Å². The molecular formula is C11H9Cl2NOS. The van der Waals surface area contributed by atoms with E-state index in [-0.39, 0.29) is 0 Å². The van der Waals surface area contributed by atoms with Crippen LogP contribution in [0.1, 0.15) is 17.2 Å². The van der Waals surface area contributed by atoms with Crippen LogP contribution in [0.5, 0.6) is 0 Å². The van der Waals surface area contributed by atoms with Crippen molar-refractivity contribution in [2.45, 2.75) is 12.5 Å². The molecule has 84 valence electrons. The Balaban J connectivity index is 2.14. The predicted octanol–water partition coefficient (Wildman–Crippen LogP) is 3.73. The van der Waals surface area contributed by atoms with E-state index in [4.69, 9.17) is 23.2 Å². The quantitative estimate of drug-likeness (QED) is 0.925. The Morgan fingerprint density at radius 1 is 1.44 bits per heavy atom. The third-order valence-corrected chi connectivity index (χ3v) is 3.71. The first kappa shape index (κ1) is 11.9. The minimum absolute atomic E-state index is 0.487. The van der Waals surface area contributed by atoms with E-state index >= 15 is 0 Å². The molecule has 2 heterocycles. The van der Waals surface area contributed by atoms with Crippen molar-refractivity contribution in [3.8, 4) is 0 Å². The largest absolute Gasteiger partial charge is 0.388 e. The summed E-state index contributed by atoms with van der Waals surface area (Å²) in [4.78, 5) is 3.99. The van der Waals surface area contributed by atoms with Gasteiger partial charge in [-0.15, -0.1) is 11.3 Å². The lowest BCUT2D eigenvalue weighted by atomic mass is 10.1. The number of thiophene rings is 1. The Labute approximate surface area is 107 Å². The van der Waals surface area contributed by atoms with E-state index < -0.39 is 6.10 Å². The van der Waals surface area contributed by atoms with E-state index in [9.17, 15) is 5.11 Å². The zero-order valence-electron chi connectivity index (χ0n) is 8.23. The summed E-state index contributed by atoms with van der Waals surface area (Å²) < 4.78 is 1.13. The summed E-state index contributed by atoms with van der Waals surface area (Å²) in [5.41, 5.74) is 1.65. The first-order chi connectivity index (χ1) is 7.66. The second-order valence-corrected chi connectivity index (χ2v) is 5.65. The van der Waals surface area contributed by atoms with E-state index in [0.717, 1.165) is 5.56 Å². The molecule has 0 spiro atoms. The van der Waals surface area contributed by atoms with E-state index in [1.807, 2.05) is 12.1 Å². The molecule has 0 aliphatic heterocycles. The molecule has 0 fully saturated rings. The van der Waals surface area contributed by atoms with Gasteiger partial charge in [0.15, 0.2) is 0 Å². The number of aliphatic hydroxyl groups is 1. The number of halogens is 2. The third kappa shape index (κ3) is 2.74. The fourth-order valence-electron chi connectivity index (χ4n) is 1.43. The second-order valence-electron chi connectivity index (χ2n) is 3.36. The van der Waals surface area contributed by atoms with E-state index in [2.05, 4.69) is 4.98 Å². The van der Waals surface area contributed by atoms with E-state index in [0.29, 0.717) is 20.7 Å². The Kier molecular flexibility index (Phi) is 3.82. The standard InChI is InChI=1S/C11H9Cl2NOS/c12-10-5-8(11(13)16-10)9(15)4-7-2-1-3-14-6-7/h1-3,5-6,9,15H,4H2.